The Kier molecular flexibility index (Phi) is 3.00. The number of hydrogen-bond donors (Lipinski definition) is 0. The van der Waals surface area contributed by atoms with Gasteiger partial charge in [-0.05, 0) is 24.3 Å². The lowest BCUT2D eigenvalue weighted by atomic mass is 10.3. The zero-order chi connectivity index (χ0) is 13.4. The number of para-hydroxylation sites is 2. The molecule has 0 fully saturated rings. The summed E-state index contributed by atoms with van der Waals surface area (Å²) >= 11 is 6.99. The number of halogens is 1. The van der Waals surface area contributed by atoms with Gasteiger partial charge in [-0.2, -0.15) is 0 Å². The van der Waals surface area contributed by atoms with E-state index in [0.717, 1.165) is 0 Å². The van der Waals surface area contributed by atoms with Crippen LogP contribution in [0.15, 0.2) is 45.6 Å². The summed E-state index contributed by atoms with van der Waals surface area (Å²) < 4.78 is 6.95. The monoisotopic (exact) mass is 293 g/mol. The van der Waals surface area contributed by atoms with Gasteiger partial charge >= 0.3 is 5.76 Å². The average Bonchev–Trinajstić information content (AvgIpc) is 2.95. The lowest BCUT2D eigenvalue weighted by Crippen LogP contribution is -2.19. The molecule has 0 aliphatic carbocycles. The van der Waals surface area contributed by atoms with E-state index in [4.69, 9.17) is 16.0 Å². The van der Waals surface area contributed by atoms with Crippen molar-refractivity contribution < 1.29 is 9.21 Å². The summed E-state index contributed by atoms with van der Waals surface area (Å²) in [7, 11) is 0. The number of carbonyl (C=O) groups excluding carboxylic acids is 1. The zero-order valence-corrected chi connectivity index (χ0v) is 11.2. The fourth-order valence-electron chi connectivity index (χ4n) is 1.85. The smallest absolute Gasteiger partial charge is 0.408 e. The summed E-state index contributed by atoms with van der Waals surface area (Å²) in [6.07, 6.45) is 0. The van der Waals surface area contributed by atoms with Gasteiger partial charge in [-0.3, -0.25) is 9.36 Å². The number of Topliss-reactive ketones (excluding diaryl/α,β-unsaturated/α-hetero) is 1. The molecule has 96 valence electrons. The molecule has 0 unspecified atom stereocenters. The summed E-state index contributed by atoms with van der Waals surface area (Å²) in [6, 6.07) is 10.3. The van der Waals surface area contributed by atoms with E-state index in [0.29, 0.717) is 20.3 Å². The summed E-state index contributed by atoms with van der Waals surface area (Å²) in [5.41, 5.74) is 1.09. The second-order valence-electron chi connectivity index (χ2n) is 3.95. The number of hydrogen-bond acceptors (Lipinski definition) is 4. The highest BCUT2D eigenvalue weighted by molar-refractivity contribution is 7.18. The molecule has 0 amide bonds. The lowest BCUT2D eigenvalue weighted by Gasteiger charge is -1.99. The van der Waals surface area contributed by atoms with Crippen molar-refractivity contribution in [3.8, 4) is 0 Å². The molecule has 2 heterocycles. The van der Waals surface area contributed by atoms with Crippen LogP contribution in [0.2, 0.25) is 4.34 Å². The van der Waals surface area contributed by atoms with E-state index in [1.165, 1.54) is 15.9 Å². The molecule has 0 spiro atoms. The minimum absolute atomic E-state index is 0.0489. The Bertz CT molecular complexity index is 815. The van der Waals surface area contributed by atoms with Gasteiger partial charge in [0.25, 0.3) is 0 Å². The quantitative estimate of drug-likeness (QED) is 0.697. The number of carbonyl (C=O) groups is 1. The molecule has 0 aliphatic heterocycles. The molecule has 0 saturated heterocycles. The van der Waals surface area contributed by atoms with Gasteiger partial charge in [-0.15, -0.1) is 11.3 Å². The van der Waals surface area contributed by atoms with Crippen LogP contribution in [0.1, 0.15) is 9.67 Å². The summed E-state index contributed by atoms with van der Waals surface area (Å²) in [6.45, 7) is -0.0489. The summed E-state index contributed by atoms with van der Waals surface area (Å²) in [5.74, 6) is -0.692. The highest BCUT2D eigenvalue weighted by Crippen LogP contribution is 2.22. The molecule has 3 rings (SSSR count). The zero-order valence-electron chi connectivity index (χ0n) is 9.63. The Morgan fingerprint density at radius 3 is 2.79 bits per heavy atom. The van der Waals surface area contributed by atoms with E-state index >= 15 is 0 Å². The van der Waals surface area contributed by atoms with E-state index < -0.39 is 5.76 Å². The first-order valence-electron chi connectivity index (χ1n) is 5.52. The molecule has 0 radical (unpaired) electrons. The van der Waals surface area contributed by atoms with Crippen LogP contribution < -0.4 is 5.76 Å². The minimum atomic E-state index is -0.530. The van der Waals surface area contributed by atoms with E-state index in [-0.39, 0.29) is 12.3 Å². The van der Waals surface area contributed by atoms with Crippen LogP contribution in [-0.4, -0.2) is 10.4 Å². The number of nitrogens with zero attached hydrogens (tertiary/aromatic N) is 1. The maximum absolute atomic E-state index is 12.1. The molecular weight excluding hydrogens is 286 g/mol. The molecule has 19 heavy (non-hydrogen) atoms. The van der Waals surface area contributed by atoms with Crippen molar-refractivity contribution in [3.63, 3.8) is 0 Å². The van der Waals surface area contributed by atoms with Gasteiger partial charge in [0.1, 0.15) is 0 Å². The van der Waals surface area contributed by atoms with Crippen LogP contribution >= 0.6 is 22.9 Å². The predicted molar refractivity (Wildman–Crippen MR) is 74.1 cm³/mol. The van der Waals surface area contributed by atoms with E-state index in [9.17, 15) is 9.59 Å². The number of benzene rings is 1. The standard InChI is InChI=1S/C13H8ClNO3S/c14-12-6-5-11(19-12)9(16)7-15-8-3-1-2-4-10(8)18-13(15)17/h1-6H,7H2. The number of fused-ring (bicyclic) bond motifs is 1. The Hall–Kier alpha value is -1.85. The first-order chi connectivity index (χ1) is 9.15. The highest BCUT2D eigenvalue weighted by Gasteiger charge is 2.14. The molecule has 0 bridgehead atoms. The summed E-state index contributed by atoms with van der Waals surface area (Å²) in [4.78, 5) is 24.3. The van der Waals surface area contributed by atoms with Crippen molar-refractivity contribution in [2.24, 2.45) is 0 Å². The number of oxazole rings is 1. The van der Waals surface area contributed by atoms with Gasteiger partial charge in [0.05, 0.1) is 21.3 Å². The van der Waals surface area contributed by atoms with Gasteiger partial charge < -0.3 is 4.42 Å². The topological polar surface area (TPSA) is 52.2 Å². The third kappa shape index (κ3) is 2.22. The van der Waals surface area contributed by atoms with Crippen LogP contribution in [0.3, 0.4) is 0 Å². The van der Waals surface area contributed by atoms with Crippen LogP contribution in [-0.2, 0) is 6.54 Å². The van der Waals surface area contributed by atoms with Crippen molar-refractivity contribution in [2.75, 3.05) is 0 Å². The van der Waals surface area contributed by atoms with Crippen LogP contribution in [0.4, 0.5) is 0 Å². The second kappa shape index (κ2) is 4.68. The average molecular weight is 294 g/mol. The van der Waals surface area contributed by atoms with Crippen LogP contribution in [0.25, 0.3) is 11.1 Å². The van der Waals surface area contributed by atoms with Crippen LogP contribution in [0.5, 0.6) is 0 Å². The second-order valence-corrected chi connectivity index (χ2v) is 5.66. The van der Waals surface area contributed by atoms with Crippen molar-refractivity contribution in [1.82, 2.24) is 4.57 Å². The number of thiophene rings is 1. The minimum Gasteiger partial charge on any atom is -0.408 e. The van der Waals surface area contributed by atoms with Crippen molar-refractivity contribution >= 4 is 39.8 Å². The van der Waals surface area contributed by atoms with E-state index in [1.54, 1.807) is 36.4 Å². The van der Waals surface area contributed by atoms with E-state index in [2.05, 4.69) is 0 Å². The number of aromatic nitrogens is 1. The van der Waals surface area contributed by atoms with Gasteiger partial charge in [0.2, 0.25) is 0 Å². The Morgan fingerprint density at radius 2 is 2.05 bits per heavy atom. The van der Waals surface area contributed by atoms with Crippen molar-refractivity contribution in [1.29, 1.82) is 0 Å². The lowest BCUT2D eigenvalue weighted by molar-refractivity contribution is 0.0974. The maximum Gasteiger partial charge on any atom is 0.420 e. The molecule has 2 aromatic heterocycles. The Morgan fingerprint density at radius 1 is 1.26 bits per heavy atom. The predicted octanol–water partition coefficient (Wildman–Crippen LogP) is 3.19. The SMILES string of the molecule is O=C(Cn1c(=O)oc2ccccc21)c1ccc(Cl)s1. The molecule has 1 aromatic carbocycles. The molecule has 4 nitrogen and oxygen atoms in total. The van der Waals surface area contributed by atoms with Crippen molar-refractivity contribution in [2.45, 2.75) is 6.54 Å². The van der Waals surface area contributed by atoms with Gasteiger partial charge in [-0.25, -0.2) is 4.79 Å². The Labute approximate surface area is 116 Å². The molecular formula is C13H8ClNO3S. The first kappa shape index (κ1) is 12.2. The number of rotatable bonds is 3. The third-order valence-electron chi connectivity index (χ3n) is 2.72. The molecule has 0 atom stereocenters. The van der Waals surface area contributed by atoms with Crippen molar-refractivity contribution in [3.05, 3.63) is 56.2 Å². The molecule has 0 aliphatic rings. The largest absolute Gasteiger partial charge is 0.420 e. The first-order valence-corrected chi connectivity index (χ1v) is 6.71. The third-order valence-corrected chi connectivity index (χ3v) is 4.00. The Balaban J connectivity index is 2.00. The van der Waals surface area contributed by atoms with Gasteiger partial charge in [-0.1, -0.05) is 23.7 Å². The molecule has 0 N–H and O–H groups in total. The molecule has 6 heteroatoms. The summed E-state index contributed by atoms with van der Waals surface area (Å²) in [5, 5.41) is 0. The van der Waals surface area contributed by atoms with E-state index in [1.807, 2.05) is 0 Å². The van der Waals surface area contributed by atoms with Gasteiger partial charge in [0.15, 0.2) is 11.4 Å². The fourth-order valence-corrected chi connectivity index (χ4v) is 2.82. The fraction of sp³-hybridized carbons (Fsp3) is 0.0769. The maximum atomic E-state index is 12.1. The number of ketones is 1. The van der Waals surface area contributed by atoms with Crippen LogP contribution in [0, 0.1) is 0 Å². The van der Waals surface area contributed by atoms with Gasteiger partial charge in [0, 0.05) is 0 Å². The normalized spacial score (nSPS) is 11.0. The molecule has 0 saturated carbocycles. The highest BCUT2D eigenvalue weighted by atomic mass is 35.5. The molecule has 3 aromatic rings.